The molecule has 0 radical (unpaired) electrons. The maximum absolute atomic E-state index is 13.9. The maximum Gasteiger partial charge on any atom is 0.241 e. The highest BCUT2D eigenvalue weighted by molar-refractivity contribution is 5.98. The Bertz CT molecular complexity index is 1120. The molecule has 2 fully saturated rings. The van der Waals surface area contributed by atoms with Gasteiger partial charge >= 0.3 is 0 Å². The monoisotopic (exact) mass is 505 g/mol. The minimum Gasteiger partial charge on any atom is -0.379 e. The number of piperazine rings is 1. The first-order valence-corrected chi connectivity index (χ1v) is 13.4. The minimum absolute atomic E-state index is 0.0333. The number of benzene rings is 1. The average molecular weight is 506 g/mol. The Morgan fingerprint density at radius 2 is 1.97 bits per heavy atom. The highest BCUT2D eigenvalue weighted by Gasteiger charge is 2.45. The van der Waals surface area contributed by atoms with Gasteiger partial charge in [0.15, 0.2) is 0 Å². The molecule has 8 heteroatoms. The second kappa shape index (κ2) is 10.6. The number of rotatable bonds is 7. The summed E-state index contributed by atoms with van der Waals surface area (Å²) in [6.07, 6.45) is 3.72. The van der Waals surface area contributed by atoms with E-state index in [1.807, 2.05) is 29.3 Å². The lowest BCUT2D eigenvalue weighted by molar-refractivity contribution is -0.129. The number of carbonyl (C=O) groups is 2. The third kappa shape index (κ3) is 5.48. The van der Waals surface area contributed by atoms with Gasteiger partial charge in [-0.15, -0.1) is 0 Å². The molecule has 2 aromatic rings. The molecule has 198 valence electrons. The molecule has 0 spiro atoms. The lowest BCUT2D eigenvalue weighted by atomic mass is 9.88. The highest BCUT2D eigenvalue weighted by atomic mass is 16.5. The van der Waals surface area contributed by atoms with Crippen LogP contribution in [0.15, 0.2) is 42.6 Å². The van der Waals surface area contributed by atoms with Gasteiger partial charge in [-0.1, -0.05) is 44.2 Å². The number of hydrogen-bond acceptors (Lipinski definition) is 7. The van der Waals surface area contributed by atoms with Crippen LogP contribution < -0.4 is 10.2 Å². The molecular formula is C29H39N5O3. The first-order valence-electron chi connectivity index (χ1n) is 13.4. The molecule has 1 aromatic carbocycles. The van der Waals surface area contributed by atoms with Crippen LogP contribution in [0.5, 0.6) is 0 Å². The zero-order valence-electron chi connectivity index (χ0n) is 22.3. The summed E-state index contributed by atoms with van der Waals surface area (Å²) in [6.45, 7) is 12.0. The third-order valence-corrected chi connectivity index (χ3v) is 8.07. The van der Waals surface area contributed by atoms with Gasteiger partial charge < -0.3 is 19.7 Å². The first-order chi connectivity index (χ1) is 17.8. The van der Waals surface area contributed by atoms with E-state index in [4.69, 9.17) is 9.72 Å². The van der Waals surface area contributed by atoms with Crippen LogP contribution >= 0.6 is 0 Å². The highest BCUT2D eigenvalue weighted by Crippen LogP contribution is 2.40. The first kappa shape index (κ1) is 26.0. The van der Waals surface area contributed by atoms with Crippen LogP contribution in [0.2, 0.25) is 0 Å². The summed E-state index contributed by atoms with van der Waals surface area (Å²) < 4.78 is 5.51. The van der Waals surface area contributed by atoms with Crippen molar-refractivity contribution in [1.82, 2.24) is 20.1 Å². The Balaban J connectivity index is 1.38. The van der Waals surface area contributed by atoms with Gasteiger partial charge in [0.05, 0.1) is 25.4 Å². The molecule has 1 amide bonds. The van der Waals surface area contributed by atoms with Crippen molar-refractivity contribution in [3.05, 3.63) is 59.4 Å². The van der Waals surface area contributed by atoms with Crippen LogP contribution in [0, 0.1) is 0 Å². The fourth-order valence-corrected chi connectivity index (χ4v) is 5.89. The number of aldehydes is 1. The van der Waals surface area contributed by atoms with Gasteiger partial charge in [0.2, 0.25) is 5.91 Å². The second-order valence-electron chi connectivity index (χ2n) is 11.5. The lowest BCUT2D eigenvalue weighted by Crippen LogP contribution is -2.70. The van der Waals surface area contributed by atoms with Gasteiger partial charge in [0.25, 0.3) is 0 Å². The number of ether oxygens (including phenoxy) is 1. The van der Waals surface area contributed by atoms with Crippen LogP contribution in [0.3, 0.4) is 0 Å². The van der Waals surface area contributed by atoms with Crippen molar-refractivity contribution < 1.29 is 14.3 Å². The van der Waals surface area contributed by atoms with Crippen molar-refractivity contribution in [1.29, 1.82) is 0 Å². The van der Waals surface area contributed by atoms with Gasteiger partial charge in [-0.25, -0.2) is 0 Å². The summed E-state index contributed by atoms with van der Waals surface area (Å²) in [6, 6.07) is 12.6. The van der Waals surface area contributed by atoms with Gasteiger partial charge in [-0.05, 0) is 18.6 Å². The average Bonchev–Trinajstić information content (AvgIpc) is 3.17. The number of fused-ring (bicyclic) bond motifs is 1. The normalized spacial score (nSPS) is 26.1. The van der Waals surface area contributed by atoms with E-state index in [1.165, 1.54) is 5.56 Å². The van der Waals surface area contributed by atoms with Gasteiger partial charge in [0, 0.05) is 74.6 Å². The van der Waals surface area contributed by atoms with Gasteiger partial charge in [-0.3, -0.25) is 19.6 Å². The van der Waals surface area contributed by atoms with E-state index < -0.39 is 5.54 Å². The molecule has 1 unspecified atom stereocenters. The number of aromatic nitrogens is 1. The molecular weight excluding hydrogens is 466 g/mol. The Hall–Kier alpha value is -2.65. The van der Waals surface area contributed by atoms with Crippen LogP contribution in [0.4, 0.5) is 5.69 Å². The summed E-state index contributed by atoms with van der Waals surface area (Å²) >= 11 is 0. The zero-order chi connectivity index (χ0) is 26.0. The number of nitrogens with zero attached hydrogens (tertiary/aromatic N) is 4. The van der Waals surface area contributed by atoms with Crippen molar-refractivity contribution in [3.8, 4) is 0 Å². The van der Waals surface area contributed by atoms with Gasteiger partial charge in [0.1, 0.15) is 11.8 Å². The molecule has 8 nitrogen and oxygen atoms in total. The molecule has 4 heterocycles. The van der Waals surface area contributed by atoms with Crippen LogP contribution in [0.1, 0.15) is 37.6 Å². The number of carbonyl (C=O) groups excluding carboxylic acids is 2. The van der Waals surface area contributed by atoms with Crippen molar-refractivity contribution >= 4 is 17.9 Å². The number of pyridine rings is 1. The van der Waals surface area contributed by atoms with Crippen LogP contribution in [-0.4, -0.2) is 97.6 Å². The topological polar surface area (TPSA) is 78.0 Å². The van der Waals surface area contributed by atoms with Crippen molar-refractivity contribution in [2.24, 2.45) is 0 Å². The second-order valence-corrected chi connectivity index (χ2v) is 11.5. The van der Waals surface area contributed by atoms with E-state index in [0.29, 0.717) is 39.4 Å². The molecule has 0 bridgehead atoms. The third-order valence-electron chi connectivity index (χ3n) is 8.07. The van der Waals surface area contributed by atoms with E-state index in [9.17, 15) is 9.59 Å². The van der Waals surface area contributed by atoms with Crippen LogP contribution in [-0.2, 0) is 26.2 Å². The summed E-state index contributed by atoms with van der Waals surface area (Å²) in [5.74, 6) is 0.0333. The largest absolute Gasteiger partial charge is 0.379 e. The minimum atomic E-state index is -0.742. The molecule has 0 aliphatic carbocycles. The molecule has 1 aromatic heterocycles. The molecule has 0 saturated carbocycles. The standard InChI is InChI=1S/C29H39N5O3/c1-22-16-33(29(21-35,18-31-22)20-32-9-11-37-12-10-32)17-27(36)34-19-28(2,3)25-15-30-24(14-26(25)34)13-23-7-5-4-6-8-23/h4-8,14-15,21-22,31H,9-13,16-20H2,1-3H3/t22-,29?/m1/s1. The molecule has 2 atom stereocenters. The number of morpholine rings is 1. The fraction of sp³-hybridized carbons (Fsp3) is 0.552. The Kier molecular flexibility index (Phi) is 7.45. The van der Waals surface area contributed by atoms with E-state index in [1.54, 1.807) is 0 Å². The molecule has 5 rings (SSSR count). The van der Waals surface area contributed by atoms with Crippen molar-refractivity contribution in [3.63, 3.8) is 0 Å². The van der Waals surface area contributed by atoms with E-state index in [2.05, 4.69) is 54.1 Å². The summed E-state index contributed by atoms with van der Waals surface area (Å²) in [5, 5.41) is 3.48. The Morgan fingerprint density at radius 3 is 2.70 bits per heavy atom. The zero-order valence-corrected chi connectivity index (χ0v) is 22.3. The number of anilines is 1. The number of hydrogen-bond donors (Lipinski definition) is 1. The Labute approximate surface area is 220 Å². The summed E-state index contributed by atoms with van der Waals surface area (Å²) in [4.78, 5) is 37.6. The van der Waals surface area contributed by atoms with E-state index >= 15 is 0 Å². The maximum atomic E-state index is 13.9. The smallest absolute Gasteiger partial charge is 0.241 e. The SMILES string of the molecule is C[C@@H]1CN(CC(=O)N2CC(C)(C)c3cnc(Cc4ccccc4)cc32)C(C=O)(CN2CCOCC2)CN1. The predicted octanol–water partition coefficient (Wildman–Crippen LogP) is 1.86. The van der Waals surface area contributed by atoms with Crippen LogP contribution in [0.25, 0.3) is 0 Å². The fourth-order valence-electron chi connectivity index (χ4n) is 5.89. The predicted molar refractivity (Wildman–Crippen MR) is 144 cm³/mol. The molecule has 2 saturated heterocycles. The van der Waals surface area contributed by atoms with Gasteiger partial charge in [-0.2, -0.15) is 0 Å². The molecule has 3 aliphatic heterocycles. The molecule has 37 heavy (non-hydrogen) atoms. The number of nitrogens with one attached hydrogen (secondary N) is 1. The quantitative estimate of drug-likeness (QED) is 0.576. The summed E-state index contributed by atoms with van der Waals surface area (Å²) in [7, 11) is 0. The summed E-state index contributed by atoms with van der Waals surface area (Å²) in [5.41, 5.74) is 3.26. The molecule has 3 aliphatic rings. The Morgan fingerprint density at radius 1 is 1.22 bits per heavy atom. The van der Waals surface area contributed by atoms with E-state index in [-0.39, 0.29) is 23.9 Å². The van der Waals surface area contributed by atoms with Crippen molar-refractivity contribution in [2.45, 2.75) is 44.2 Å². The number of amides is 1. The van der Waals surface area contributed by atoms with E-state index in [0.717, 1.165) is 42.7 Å². The van der Waals surface area contributed by atoms with Crippen molar-refractivity contribution in [2.75, 3.05) is 63.9 Å². The lowest BCUT2D eigenvalue weighted by Gasteiger charge is -2.48. The molecule has 1 N–H and O–H groups in total.